The highest BCUT2D eigenvalue weighted by atomic mass is 14.9. The maximum absolute atomic E-state index is 3.62. The Morgan fingerprint density at radius 1 is 0.500 bits per heavy atom. The second kappa shape index (κ2) is 4.17. The van der Waals surface area contributed by atoms with Crippen molar-refractivity contribution in [2.45, 2.75) is 0 Å². The summed E-state index contributed by atoms with van der Waals surface area (Å²) in [5.74, 6) is 0. The third kappa shape index (κ3) is 1.29. The molecule has 120 valence electrons. The summed E-state index contributed by atoms with van der Waals surface area (Å²) in [6, 6.07) is 28.6. The second-order valence-corrected chi connectivity index (χ2v) is 7.11. The summed E-state index contributed by atoms with van der Waals surface area (Å²) in [7, 11) is 0. The number of nitrogens with zero attached hydrogens (tertiary/aromatic N) is 1. The van der Waals surface area contributed by atoms with Crippen LogP contribution in [-0.4, -0.2) is 9.38 Å². The Hall–Kier alpha value is -3.52. The zero-order valence-corrected chi connectivity index (χ0v) is 14.0. The number of hydrogen-bond acceptors (Lipinski definition) is 0. The van der Waals surface area contributed by atoms with E-state index in [4.69, 9.17) is 0 Å². The van der Waals surface area contributed by atoms with Crippen LogP contribution in [0.2, 0.25) is 0 Å². The molecule has 1 N–H and O–H groups in total. The zero-order chi connectivity index (χ0) is 16.8. The van der Waals surface area contributed by atoms with E-state index in [-0.39, 0.29) is 0 Å². The van der Waals surface area contributed by atoms with Gasteiger partial charge in [0.1, 0.15) is 0 Å². The maximum Gasteiger partial charge on any atom is 0.0619 e. The molecule has 0 aliphatic rings. The minimum absolute atomic E-state index is 1.20. The van der Waals surface area contributed by atoms with Crippen LogP contribution in [0, 0.1) is 0 Å². The fourth-order valence-corrected chi connectivity index (χ4v) is 4.87. The number of para-hydroxylation sites is 2. The van der Waals surface area contributed by atoms with Crippen molar-refractivity contribution in [3.8, 4) is 0 Å². The Balaban J connectivity index is 2.07. The molecule has 7 rings (SSSR count). The zero-order valence-electron chi connectivity index (χ0n) is 14.0. The summed E-state index contributed by atoms with van der Waals surface area (Å²) in [6.07, 6.45) is 0. The van der Waals surface area contributed by atoms with Gasteiger partial charge in [-0.05, 0) is 29.7 Å². The van der Waals surface area contributed by atoms with Crippen molar-refractivity contribution < 1.29 is 0 Å². The van der Waals surface area contributed by atoms with E-state index in [1.165, 1.54) is 59.9 Å². The Morgan fingerprint density at radius 3 is 2.04 bits per heavy atom. The molecule has 0 amide bonds. The van der Waals surface area contributed by atoms with E-state index in [2.05, 4.69) is 88.2 Å². The van der Waals surface area contributed by atoms with Gasteiger partial charge >= 0.3 is 0 Å². The lowest BCUT2D eigenvalue weighted by Gasteiger charge is -2.01. The number of H-pyrrole nitrogens is 1. The molecule has 0 unspecified atom stereocenters. The Bertz CT molecular complexity index is 1630. The number of fused-ring (bicyclic) bond motifs is 5. The third-order valence-electron chi connectivity index (χ3n) is 5.85. The molecule has 0 saturated carbocycles. The van der Waals surface area contributed by atoms with Gasteiger partial charge in [-0.3, -0.25) is 0 Å². The van der Waals surface area contributed by atoms with E-state index in [1.54, 1.807) is 0 Å². The molecule has 0 atom stereocenters. The minimum Gasteiger partial charge on any atom is -0.354 e. The molecular formula is C24H14N2. The van der Waals surface area contributed by atoms with Crippen molar-refractivity contribution >= 4 is 59.9 Å². The number of rotatable bonds is 0. The molecule has 0 saturated heterocycles. The van der Waals surface area contributed by atoms with Crippen molar-refractivity contribution in [2.75, 3.05) is 0 Å². The van der Waals surface area contributed by atoms with Crippen LogP contribution < -0.4 is 0 Å². The first-order valence-corrected chi connectivity index (χ1v) is 8.98. The van der Waals surface area contributed by atoms with Gasteiger partial charge in [0.05, 0.1) is 16.6 Å². The Labute approximate surface area is 148 Å². The van der Waals surface area contributed by atoms with Crippen molar-refractivity contribution in [1.29, 1.82) is 0 Å². The molecule has 2 nitrogen and oxygen atoms in total. The lowest BCUT2D eigenvalue weighted by atomic mass is 10.0. The Morgan fingerprint density at radius 2 is 1.12 bits per heavy atom. The first-order chi connectivity index (χ1) is 12.9. The fraction of sp³-hybridized carbons (Fsp3) is 0. The molecule has 2 heteroatoms. The predicted molar refractivity (Wildman–Crippen MR) is 110 cm³/mol. The first-order valence-electron chi connectivity index (χ1n) is 8.98. The van der Waals surface area contributed by atoms with E-state index < -0.39 is 0 Å². The molecule has 7 aromatic rings. The number of aromatic amines is 1. The molecule has 3 aromatic heterocycles. The maximum atomic E-state index is 3.62. The van der Waals surface area contributed by atoms with Gasteiger partial charge in [0.2, 0.25) is 0 Å². The normalized spacial score (nSPS) is 12.6. The molecule has 0 aliphatic carbocycles. The first kappa shape index (κ1) is 12.8. The topological polar surface area (TPSA) is 20.2 Å². The van der Waals surface area contributed by atoms with Crippen molar-refractivity contribution in [1.82, 2.24) is 9.38 Å². The van der Waals surface area contributed by atoms with Gasteiger partial charge in [-0.2, -0.15) is 0 Å². The van der Waals surface area contributed by atoms with Crippen LogP contribution in [0.15, 0.2) is 78.9 Å². The van der Waals surface area contributed by atoms with Crippen molar-refractivity contribution in [3.05, 3.63) is 78.9 Å². The van der Waals surface area contributed by atoms with E-state index >= 15 is 0 Å². The number of benzene rings is 4. The number of nitrogens with one attached hydrogen (secondary N) is 1. The smallest absolute Gasteiger partial charge is 0.0619 e. The van der Waals surface area contributed by atoms with E-state index in [0.717, 1.165) is 0 Å². The largest absolute Gasteiger partial charge is 0.354 e. The van der Waals surface area contributed by atoms with Gasteiger partial charge in [-0.15, -0.1) is 0 Å². The summed E-state index contributed by atoms with van der Waals surface area (Å²) in [5.41, 5.74) is 6.24. The van der Waals surface area contributed by atoms with Gasteiger partial charge in [-0.1, -0.05) is 54.6 Å². The van der Waals surface area contributed by atoms with Crippen LogP contribution >= 0.6 is 0 Å². The average Bonchev–Trinajstić information content (AvgIpc) is 3.19. The van der Waals surface area contributed by atoms with Crippen LogP contribution in [0.25, 0.3) is 59.9 Å². The van der Waals surface area contributed by atoms with E-state index in [9.17, 15) is 0 Å². The lowest BCUT2D eigenvalue weighted by Crippen LogP contribution is -1.84. The highest BCUT2D eigenvalue weighted by molar-refractivity contribution is 6.30. The third-order valence-corrected chi connectivity index (χ3v) is 5.85. The summed E-state index contributed by atoms with van der Waals surface area (Å²) < 4.78 is 2.45. The summed E-state index contributed by atoms with van der Waals surface area (Å²) in [6.45, 7) is 0. The van der Waals surface area contributed by atoms with E-state index in [1.807, 2.05) is 0 Å². The molecule has 4 aromatic carbocycles. The van der Waals surface area contributed by atoms with Crippen LogP contribution in [0.3, 0.4) is 0 Å². The second-order valence-electron chi connectivity index (χ2n) is 7.11. The van der Waals surface area contributed by atoms with Crippen molar-refractivity contribution in [2.24, 2.45) is 0 Å². The number of aromatic nitrogens is 2. The minimum atomic E-state index is 1.20. The quantitative estimate of drug-likeness (QED) is 0.329. The fourth-order valence-electron chi connectivity index (χ4n) is 4.87. The SMILES string of the molecule is c1cc2[nH]c3cccc4c3c2c(c1)c1cccc2c3ccccc3n4c12. The summed E-state index contributed by atoms with van der Waals surface area (Å²) in [5, 5.41) is 7.90. The summed E-state index contributed by atoms with van der Waals surface area (Å²) >= 11 is 0. The van der Waals surface area contributed by atoms with Crippen molar-refractivity contribution in [3.63, 3.8) is 0 Å². The van der Waals surface area contributed by atoms with E-state index in [0.29, 0.717) is 0 Å². The van der Waals surface area contributed by atoms with Gasteiger partial charge < -0.3 is 9.38 Å². The van der Waals surface area contributed by atoms with Gasteiger partial charge in [-0.25, -0.2) is 0 Å². The van der Waals surface area contributed by atoms with Crippen LogP contribution in [0.4, 0.5) is 0 Å². The average molecular weight is 330 g/mol. The predicted octanol–water partition coefficient (Wildman–Crippen LogP) is 6.47. The number of hydrogen-bond donors (Lipinski definition) is 1. The molecule has 0 spiro atoms. The highest BCUT2D eigenvalue weighted by Crippen LogP contribution is 2.41. The van der Waals surface area contributed by atoms with Gasteiger partial charge in [0.15, 0.2) is 0 Å². The molecule has 0 aliphatic heterocycles. The lowest BCUT2D eigenvalue weighted by molar-refractivity contribution is 1.36. The summed E-state index contributed by atoms with van der Waals surface area (Å²) in [4.78, 5) is 3.62. The molecule has 0 radical (unpaired) electrons. The monoisotopic (exact) mass is 330 g/mol. The molecular weight excluding hydrogens is 316 g/mol. The van der Waals surface area contributed by atoms with Gasteiger partial charge in [0.25, 0.3) is 0 Å². The van der Waals surface area contributed by atoms with Gasteiger partial charge in [0, 0.05) is 38.0 Å². The molecule has 3 heterocycles. The van der Waals surface area contributed by atoms with Crippen LogP contribution in [0.5, 0.6) is 0 Å². The highest BCUT2D eigenvalue weighted by Gasteiger charge is 2.18. The van der Waals surface area contributed by atoms with Crippen LogP contribution in [-0.2, 0) is 0 Å². The Kier molecular flexibility index (Phi) is 2.05. The standard InChI is InChI=1S/C24H14N2/c1-2-12-20-14(6-1)16-8-3-9-17-15-7-4-10-18-22(15)23-19(25-18)11-5-13-21(23)26(20)24(16)17/h1-13,25H. The molecule has 0 fully saturated rings. The molecule has 26 heavy (non-hydrogen) atoms. The van der Waals surface area contributed by atoms with Crippen LogP contribution in [0.1, 0.15) is 0 Å². The molecule has 0 bridgehead atoms.